The minimum atomic E-state index is -2.65. The van der Waals surface area contributed by atoms with E-state index in [1.807, 2.05) is 0 Å². The maximum Gasteiger partial charge on any atom is 0.319 e. The van der Waals surface area contributed by atoms with E-state index in [0.717, 1.165) is 4.57 Å². The zero-order valence-corrected chi connectivity index (χ0v) is 9.70. The van der Waals surface area contributed by atoms with Crippen LogP contribution in [0.4, 0.5) is 18.9 Å². The summed E-state index contributed by atoms with van der Waals surface area (Å²) in [5.74, 6) is -0.224. The van der Waals surface area contributed by atoms with E-state index in [-0.39, 0.29) is 23.9 Å². The quantitative estimate of drug-likeness (QED) is 0.908. The van der Waals surface area contributed by atoms with Gasteiger partial charge in [-0.05, 0) is 18.6 Å². The van der Waals surface area contributed by atoms with Gasteiger partial charge in [0.2, 0.25) is 0 Å². The summed E-state index contributed by atoms with van der Waals surface area (Å²) in [6, 6.07) is 4.89. The molecule has 1 aromatic heterocycles. The SMILES string of the molecule is Cc1cccc(NCc2nccn2C(F)F)c1F. The Morgan fingerprint density at radius 3 is 2.89 bits per heavy atom. The number of halogens is 3. The van der Waals surface area contributed by atoms with E-state index in [0.29, 0.717) is 5.56 Å². The highest BCUT2D eigenvalue weighted by Crippen LogP contribution is 2.19. The molecule has 0 aliphatic carbocycles. The molecule has 2 rings (SSSR count). The van der Waals surface area contributed by atoms with Crippen LogP contribution in [0.5, 0.6) is 0 Å². The Hall–Kier alpha value is -1.98. The second-order valence-corrected chi connectivity index (χ2v) is 3.82. The summed E-state index contributed by atoms with van der Waals surface area (Å²) in [5.41, 5.74) is 0.774. The van der Waals surface area contributed by atoms with E-state index in [4.69, 9.17) is 0 Å². The van der Waals surface area contributed by atoms with Gasteiger partial charge < -0.3 is 5.32 Å². The summed E-state index contributed by atoms with van der Waals surface area (Å²) < 4.78 is 39.5. The molecule has 18 heavy (non-hydrogen) atoms. The molecule has 96 valence electrons. The fraction of sp³-hybridized carbons (Fsp3) is 0.250. The van der Waals surface area contributed by atoms with Gasteiger partial charge in [-0.1, -0.05) is 12.1 Å². The van der Waals surface area contributed by atoms with Gasteiger partial charge in [0, 0.05) is 12.4 Å². The number of nitrogens with zero attached hydrogens (tertiary/aromatic N) is 2. The van der Waals surface area contributed by atoms with Gasteiger partial charge in [-0.2, -0.15) is 8.78 Å². The molecule has 0 bridgehead atoms. The number of anilines is 1. The van der Waals surface area contributed by atoms with Crippen LogP contribution in [0.15, 0.2) is 30.6 Å². The molecular formula is C12H12F3N3. The maximum atomic E-state index is 13.7. The van der Waals surface area contributed by atoms with Crippen LogP contribution in [0, 0.1) is 12.7 Å². The van der Waals surface area contributed by atoms with Crippen LogP contribution in [-0.4, -0.2) is 9.55 Å². The Bertz CT molecular complexity index is 537. The topological polar surface area (TPSA) is 29.9 Å². The lowest BCUT2D eigenvalue weighted by atomic mass is 10.2. The van der Waals surface area contributed by atoms with Crippen molar-refractivity contribution in [3.8, 4) is 0 Å². The Morgan fingerprint density at radius 1 is 1.39 bits per heavy atom. The lowest BCUT2D eigenvalue weighted by Gasteiger charge is -2.10. The van der Waals surface area contributed by atoms with Crippen molar-refractivity contribution in [1.29, 1.82) is 0 Å². The molecule has 3 nitrogen and oxygen atoms in total. The van der Waals surface area contributed by atoms with Gasteiger partial charge in [0.15, 0.2) is 0 Å². The normalized spacial score (nSPS) is 10.9. The third-order valence-corrected chi connectivity index (χ3v) is 2.59. The summed E-state index contributed by atoms with van der Waals surface area (Å²) in [6.07, 6.45) is 2.48. The van der Waals surface area contributed by atoms with Crippen molar-refractivity contribution in [3.05, 3.63) is 47.8 Å². The third kappa shape index (κ3) is 2.47. The molecule has 0 atom stereocenters. The molecule has 2 aromatic rings. The Balaban J connectivity index is 2.12. The van der Waals surface area contributed by atoms with Crippen molar-refractivity contribution in [2.45, 2.75) is 20.0 Å². The van der Waals surface area contributed by atoms with Crippen molar-refractivity contribution in [1.82, 2.24) is 9.55 Å². The van der Waals surface area contributed by atoms with Gasteiger partial charge in [-0.25, -0.2) is 9.37 Å². The standard InChI is InChI=1S/C12H12F3N3/c1-8-3-2-4-9(11(8)13)17-7-10-16-5-6-18(10)12(14)15/h2-6,12,17H,7H2,1H3. The summed E-state index contributed by atoms with van der Waals surface area (Å²) in [6.45, 7) is -0.968. The zero-order chi connectivity index (χ0) is 13.1. The molecule has 0 fully saturated rings. The number of rotatable bonds is 4. The van der Waals surface area contributed by atoms with Gasteiger partial charge in [0.1, 0.15) is 11.6 Å². The van der Waals surface area contributed by atoms with Gasteiger partial charge in [-0.3, -0.25) is 4.57 Å². The van der Waals surface area contributed by atoms with Gasteiger partial charge in [0.05, 0.1) is 12.2 Å². The highest BCUT2D eigenvalue weighted by molar-refractivity contribution is 5.47. The number of alkyl halides is 2. The van der Waals surface area contributed by atoms with Crippen molar-refractivity contribution < 1.29 is 13.2 Å². The van der Waals surface area contributed by atoms with Gasteiger partial charge in [0.25, 0.3) is 0 Å². The van der Waals surface area contributed by atoms with Crippen LogP contribution in [0.1, 0.15) is 17.9 Å². The predicted molar refractivity (Wildman–Crippen MR) is 61.9 cm³/mol. The Morgan fingerprint density at radius 2 is 2.17 bits per heavy atom. The zero-order valence-electron chi connectivity index (χ0n) is 9.70. The van der Waals surface area contributed by atoms with Gasteiger partial charge in [-0.15, -0.1) is 0 Å². The highest BCUT2D eigenvalue weighted by atomic mass is 19.3. The highest BCUT2D eigenvalue weighted by Gasteiger charge is 2.11. The second kappa shape index (κ2) is 5.12. The largest absolute Gasteiger partial charge is 0.375 e. The van der Waals surface area contributed by atoms with Crippen LogP contribution in [0.25, 0.3) is 0 Å². The molecule has 0 radical (unpaired) electrons. The summed E-state index contributed by atoms with van der Waals surface area (Å²) in [7, 11) is 0. The minimum absolute atomic E-state index is 0.0394. The number of hydrogen-bond donors (Lipinski definition) is 1. The molecule has 0 amide bonds. The lowest BCUT2D eigenvalue weighted by molar-refractivity contribution is 0.0673. The first kappa shape index (κ1) is 12.5. The average molecular weight is 255 g/mol. The fourth-order valence-electron chi connectivity index (χ4n) is 1.62. The number of aryl methyl sites for hydroxylation is 1. The van der Waals surface area contributed by atoms with Crippen molar-refractivity contribution in [2.24, 2.45) is 0 Å². The molecule has 0 saturated carbocycles. The minimum Gasteiger partial charge on any atom is -0.375 e. The van der Waals surface area contributed by atoms with E-state index in [9.17, 15) is 13.2 Å². The molecule has 0 unspecified atom stereocenters. The van der Waals surface area contributed by atoms with Crippen LogP contribution < -0.4 is 5.32 Å². The first-order chi connectivity index (χ1) is 8.59. The number of imidazole rings is 1. The summed E-state index contributed by atoms with van der Waals surface area (Å²) in [5, 5.41) is 2.76. The Labute approximate surface area is 102 Å². The molecule has 6 heteroatoms. The average Bonchev–Trinajstić information content (AvgIpc) is 2.79. The molecule has 0 spiro atoms. The number of aromatic nitrogens is 2. The third-order valence-electron chi connectivity index (χ3n) is 2.59. The van der Waals surface area contributed by atoms with Crippen molar-refractivity contribution in [3.63, 3.8) is 0 Å². The Kier molecular flexibility index (Phi) is 3.55. The van der Waals surface area contributed by atoms with E-state index in [1.165, 1.54) is 12.4 Å². The maximum absolute atomic E-state index is 13.7. The predicted octanol–water partition coefficient (Wildman–Crippen LogP) is 3.34. The molecular weight excluding hydrogens is 243 g/mol. The molecule has 1 N–H and O–H groups in total. The van der Waals surface area contributed by atoms with Crippen molar-refractivity contribution in [2.75, 3.05) is 5.32 Å². The van der Waals surface area contributed by atoms with E-state index in [1.54, 1.807) is 25.1 Å². The monoisotopic (exact) mass is 255 g/mol. The van der Waals surface area contributed by atoms with Crippen LogP contribution >= 0.6 is 0 Å². The number of hydrogen-bond acceptors (Lipinski definition) is 2. The molecule has 1 aromatic carbocycles. The molecule has 0 aliphatic heterocycles. The molecule has 0 aliphatic rings. The lowest BCUT2D eigenvalue weighted by Crippen LogP contribution is -2.10. The van der Waals surface area contributed by atoms with E-state index < -0.39 is 6.55 Å². The number of benzene rings is 1. The fourth-order valence-corrected chi connectivity index (χ4v) is 1.62. The molecule has 1 heterocycles. The second-order valence-electron chi connectivity index (χ2n) is 3.82. The van der Waals surface area contributed by atoms with Crippen LogP contribution in [0.3, 0.4) is 0 Å². The van der Waals surface area contributed by atoms with Crippen LogP contribution in [-0.2, 0) is 6.54 Å². The summed E-state index contributed by atoms with van der Waals surface area (Å²) >= 11 is 0. The smallest absolute Gasteiger partial charge is 0.319 e. The van der Waals surface area contributed by atoms with E-state index >= 15 is 0 Å². The van der Waals surface area contributed by atoms with E-state index in [2.05, 4.69) is 10.3 Å². The molecule has 0 saturated heterocycles. The first-order valence-corrected chi connectivity index (χ1v) is 5.38. The van der Waals surface area contributed by atoms with Crippen LogP contribution in [0.2, 0.25) is 0 Å². The number of nitrogens with one attached hydrogen (secondary N) is 1. The van der Waals surface area contributed by atoms with Gasteiger partial charge >= 0.3 is 6.55 Å². The van der Waals surface area contributed by atoms with Crippen molar-refractivity contribution >= 4 is 5.69 Å². The first-order valence-electron chi connectivity index (χ1n) is 5.38. The summed E-state index contributed by atoms with van der Waals surface area (Å²) in [4.78, 5) is 3.80.